The van der Waals surface area contributed by atoms with Gasteiger partial charge in [-0.3, -0.25) is 4.68 Å². The summed E-state index contributed by atoms with van der Waals surface area (Å²) in [5.74, 6) is -1.10. The molecule has 1 aromatic heterocycles. The van der Waals surface area contributed by atoms with Crippen LogP contribution in [0.15, 0.2) is 6.20 Å². The molecular formula is C5H8ClN3O2. The summed E-state index contributed by atoms with van der Waals surface area (Å²) in [6, 6.07) is 0. The molecule has 11 heavy (non-hydrogen) atoms. The number of nitrogens with two attached hydrogens (primary N) is 1. The molecular weight excluding hydrogens is 170 g/mol. The summed E-state index contributed by atoms with van der Waals surface area (Å²) in [6.45, 7) is 0. The molecule has 0 aromatic carbocycles. The first kappa shape index (κ1) is 9.77. The van der Waals surface area contributed by atoms with Gasteiger partial charge >= 0.3 is 5.97 Å². The Hall–Kier alpha value is -1.23. The van der Waals surface area contributed by atoms with Crippen LogP contribution in [0.1, 0.15) is 10.5 Å². The minimum absolute atomic E-state index is 0. The molecule has 1 heterocycles. The van der Waals surface area contributed by atoms with Crippen LogP contribution in [-0.4, -0.2) is 20.9 Å². The molecule has 0 spiro atoms. The molecule has 0 bridgehead atoms. The summed E-state index contributed by atoms with van der Waals surface area (Å²) in [4.78, 5) is 10.3. The number of aryl methyl sites for hydroxylation is 1. The standard InChI is InChI=1S/C5H7N3O2.ClH/c1-8-2-3(6)4(7-8)5(9)10;/h2H,6H2,1H3,(H,9,10);1H. The van der Waals surface area contributed by atoms with E-state index < -0.39 is 5.97 Å². The second kappa shape index (κ2) is 3.25. The number of anilines is 1. The fourth-order valence-corrected chi connectivity index (χ4v) is 0.673. The molecule has 5 nitrogen and oxygen atoms in total. The number of aromatic carboxylic acids is 1. The van der Waals surface area contributed by atoms with Crippen molar-refractivity contribution in [2.75, 3.05) is 5.73 Å². The molecule has 0 fully saturated rings. The number of carboxylic acids is 1. The molecule has 0 aliphatic rings. The van der Waals surface area contributed by atoms with Crippen LogP contribution >= 0.6 is 12.4 Å². The van der Waals surface area contributed by atoms with Gasteiger partial charge in [-0.1, -0.05) is 0 Å². The highest BCUT2D eigenvalue weighted by Crippen LogP contribution is 2.06. The van der Waals surface area contributed by atoms with E-state index in [1.54, 1.807) is 7.05 Å². The van der Waals surface area contributed by atoms with Gasteiger partial charge < -0.3 is 10.8 Å². The van der Waals surface area contributed by atoms with Gasteiger partial charge in [0.05, 0.1) is 5.69 Å². The average Bonchev–Trinajstić information content (AvgIpc) is 2.10. The molecule has 0 aliphatic heterocycles. The van der Waals surface area contributed by atoms with Crippen LogP contribution in [0.25, 0.3) is 0 Å². The normalized spacial score (nSPS) is 8.82. The Morgan fingerprint density at radius 1 is 1.82 bits per heavy atom. The minimum atomic E-state index is -1.10. The molecule has 0 saturated carbocycles. The van der Waals surface area contributed by atoms with Gasteiger partial charge in [0.1, 0.15) is 0 Å². The predicted octanol–water partition coefficient (Wildman–Crippen LogP) is 0.122. The van der Waals surface area contributed by atoms with Crippen molar-refractivity contribution in [2.24, 2.45) is 7.05 Å². The van der Waals surface area contributed by atoms with Crippen molar-refractivity contribution < 1.29 is 9.90 Å². The molecule has 3 N–H and O–H groups in total. The Balaban J connectivity index is 0.000001000. The van der Waals surface area contributed by atoms with Crippen molar-refractivity contribution in [1.29, 1.82) is 0 Å². The van der Waals surface area contributed by atoms with Crippen LogP contribution in [-0.2, 0) is 7.05 Å². The predicted molar refractivity (Wildman–Crippen MR) is 41.8 cm³/mol. The number of carboxylic acid groups (broad SMARTS) is 1. The van der Waals surface area contributed by atoms with Crippen molar-refractivity contribution in [2.45, 2.75) is 0 Å². The van der Waals surface area contributed by atoms with Crippen LogP contribution in [0.2, 0.25) is 0 Å². The molecule has 0 unspecified atom stereocenters. The maximum atomic E-state index is 10.3. The third-order valence-electron chi connectivity index (χ3n) is 1.06. The van der Waals surface area contributed by atoms with E-state index in [2.05, 4.69) is 5.10 Å². The molecule has 0 amide bonds. The Morgan fingerprint density at radius 2 is 2.36 bits per heavy atom. The Bertz CT molecular complexity index is 271. The maximum Gasteiger partial charge on any atom is 0.358 e. The topological polar surface area (TPSA) is 81.1 Å². The second-order valence-corrected chi connectivity index (χ2v) is 1.91. The molecule has 0 atom stereocenters. The molecule has 62 valence electrons. The number of rotatable bonds is 1. The van der Waals surface area contributed by atoms with E-state index in [1.807, 2.05) is 0 Å². The van der Waals surface area contributed by atoms with Gasteiger partial charge in [0.25, 0.3) is 0 Å². The average molecular weight is 178 g/mol. The van der Waals surface area contributed by atoms with Crippen molar-refractivity contribution >= 4 is 24.1 Å². The number of nitrogen functional groups attached to an aromatic ring is 1. The van der Waals surface area contributed by atoms with Crippen LogP contribution in [0, 0.1) is 0 Å². The largest absolute Gasteiger partial charge is 0.476 e. The minimum Gasteiger partial charge on any atom is -0.476 e. The lowest BCUT2D eigenvalue weighted by atomic mass is 10.4. The van der Waals surface area contributed by atoms with E-state index in [0.29, 0.717) is 0 Å². The third-order valence-corrected chi connectivity index (χ3v) is 1.06. The SMILES string of the molecule is Cl.Cn1cc(N)c(C(=O)O)n1. The van der Waals surface area contributed by atoms with Crippen molar-refractivity contribution in [3.05, 3.63) is 11.9 Å². The van der Waals surface area contributed by atoms with Gasteiger partial charge in [-0.2, -0.15) is 5.10 Å². The zero-order valence-corrected chi connectivity index (χ0v) is 6.63. The first-order valence-electron chi connectivity index (χ1n) is 2.63. The zero-order valence-electron chi connectivity index (χ0n) is 5.81. The molecule has 1 aromatic rings. The lowest BCUT2D eigenvalue weighted by molar-refractivity contribution is 0.0691. The first-order valence-corrected chi connectivity index (χ1v) is 2.63. The van der Waals surface area contributed by atoms with Crippen molar-refractivity contribution in [1.82, 2.24) is 9.78 Å². The lowest BCUT2D eigenvalue weighted by Gasteiger charge is -1.85. The summed E-state index contributed by atoms with van der Waals surface area (Å²) in [5, 5.41) is 12.0. The van der Waals surface area contributed by atoms with E-state index in [4.69, 9.17) is 10.8 Å². The highest BCUT2D eigenvalue weighted by atomic mass is 35.5. The first-order chi connectivity index (χ1) is 4.61. The summed E-state index contributed by atoms with van der Waals surface area (Å²) < 4.78 is 1.36. The fourth-order valence-electron chi connectivity index (χ4n) is 0.673. The van der Waals surface area contributed by atoms with Crippen molar-refractivity contribution in [3.63, 3.8) is 0 Å². The molecule has 0 radical (unpaired) electrons. The monoisotopic (exact) mass is 177 g/mol. The molecule has 0 saturated heterocycles. The lowest BCUT2D eigenvalue weighted by Crippen LogP contribution is -2.01. The Kier molecular flexibility index (Phi) is 2.88. The summed E-state index contributed by atoms with van der Waals surface area (Å²) in [6.07, 6.45) is 1.45. The van der Waals surface area contributed by atoms with Crippen LogP contribution < -0.4 is 5.73 Å². The number of aromatic nitrogens is 2. The van der Waals surface area contributed by atoms with E-state index >= 15 is 0 Å². The fraction of sp³-hybridized carbons (Fsp3) is 0.200. The summed E-state index contributed by atoms with van der Waals surface area (Å²) in [5.41, 5.74) is 5.37. The number of hydrogen-bond acceptors (Lipinski definition) is 3. The van der Waals surface area contributed by atoms with Crippen molar-refractivity contribution in [3.8, 4) is 0 Å². The van der Waals surface area contributed by atoms with Crippen LogP contribution in [0.4, 0.5) is 5.69 Å². The number of carbonyl (C=O) groups is 1. The number of halogens is 1. The van der Waals surface area contributed by atoms with E-state index in [0.717, 1.165) is 0 Å². The highest BCUT2D eigenvalue weighted by Gasteiger charge is 2.10. The Morgan fingerprint density at radius 3 is 2.55 bits per heavy atom. The molecule has 1 rings (SSSR count). The van der Waals surface area contributed by atoms with Gasteiger partial charge in [-0.05, 0) is 0 Å². The van der Waals surface area contributed by atoms with Crippen LogP contribution in [0.5, 0.6) is 0 Å². The smallest absolute Gasteiger partial charge is 0.358 e. The van der Waals surface area contributed by atoms with Gasteiger partial charge in [0, 0.05) is 13.2 Å². The second-order valence-electron chi connectivity index (χ2n) is 1.91. The van der Waals surface area contributed by atoms with E-state index in [-0.39, 0.29) is 23.8 Å². The number of nitrogens with zero attached hydrogens (tertiary/aromatic N) is 2. The Labute approximate surface area is 69.2 Å². The van der Waals surface area contributed by atoms with Gasteiger partial charge in [0.15, 0.2) is 5.69 Å². The maximum absolute atomic E-state index is 10.3. The zero-order chi connectivity index (χ0) is 7.72. The third kappa shape index (κ3) is 1.84. The van der Waals surface area contributed by atoms with E-state index in [9.17, 15) is 4.79 Å². The highest BCUT2D eigenvalue weighted by molar-refractivity contribution is 5.90. The van der Waals surface area contributed by atoms with E-state index in [1.165, 1.54) is 10.9 Å². The van der Waals surface area contributed by atoms with Gasteiger partial charge in [-0.15, -0.1) is 12.4 Å². The van der Waals surface area contributed by atoms with Crippen LogP contribution in [0.3, 0.4) is 0 Å². The summed E-state index contributed by atoms with van der Waals surface area (Å²) in [7, 11) is 1.61. The van der Waals surface area contributed by atoms with Gasteiger partial charge in [-0.25, -0.2) is 4.79 Å². The summed E-state index contributed by atoms with van der Waals surface area (Å²) >= 11 is 0. The number of hydrogen-bond donors (Lipinski definition) is 2. The molecule has 6 heteroatoms. The molecule has 0 aliphatic carbocycles. The quantitative estimate of drug-likeness (QED) is 0.639. The van der Waals surface area contributed by atoms with Gasteiger partial charge in [0.2, 0.25) is 0 Å².